The second kappa shape index (κ2) is 25.9. The number of carbonyl (C=O) groups excluding carboxylic acids is 2. The summed E-state index contributed by atoms with van der Waals surface area (Å²) in [4.78, 5) is 27.7. The summed E-state index contributed by atoms with van der Waals surface area (Å²) in [6.07, 6.45) is 10.1. The third-order valence-corrected chi connectivity index (χ3v) is 6.98. The first-order valence-corrected chi connectivity index (χ1v) is 17.6. The number of unbranched alkanes of at least 4 members (excludes halogenated alkanes) is 6. The zero-order chi connectivity index (χ0) is 33.9. The maximum absolute atomic E-state index is 13.8. The lowest BCUT2D eigenvalue weighted by Gasteiger charge is -2.33. The predicted octanol–water partition coefficient (Wildman–Crippen LogP) is 8.21. The lowest BCUT2D eigenvalue weighted by molar-refractivity contribution is -0.372. The Morgan fingerprint density at radius 2 is 0.761 bits per heavy atom. The Morgan fingerprint density at radius 1 is 0.478 bits per heavy atom. The highest BCUT2D eigenvalue weighted by molar-refractivity contribution is 6.03. The van der Waals surface area contributed by atoms with E-state index in [0.717, 1.165) is 77.0 Å². The number of hydrogen-bond acceptors (Lipinski definition) is 10. The van der Waals surface area contributed by atoms with Crippen molar-refractivity contribution in [1.29, 1.82) is 0 Å². The van der Waals surface area contributed by atoms with Crippen LogP contribution in [0.2, 0.25) is 0 Å². The second-order valence-electron chi connectivity index (χ2n) is 11.3. The smallest absolute Gasteiger partial charge is 0.354 e. The molecule has 266 valence electrons. The third-order valence-electron chi connectivity index (χ3n) is 6.98. The Kier molecular flexibility index (Phi) is 23.7. The van der Waals surface area contributed by atoms with Crippen LogP contribution in [0.5, 0.6) is 0 Å². The quantitative estimate of drug-likeness (QED) is 0.0457. The van der Waals surface area contributed by atoms with Crippen LogP contribution in [0.3, 0.4) is 0 Å². The lowest BCUT2D eigenvalue weighted by Crippen LogP contribution is -2.47. The molecule has 0 atom stereocenters. The number of hydrogen-bond donors (Lipinski definition) is 0. The maximum Gasteiger partial charge on any atom is 0.354 e. The molecule has 0 amide bonds. The summed E-state index contributed by atoms with van der Waals surface area (Å²) in [6.45, 7) is 14.3. The van der Waals surface area contributed by atoms with Crippen molar-refractivity contribution in [2.45, 2.75) is 131 Å². The molecule has 0 aromatic heterocycles. The van der Waals surface area contributed by atoms with Gasteiger partial charge in [-0.1, -0.05) is 92.2 Å². The van der Waals surface area contributed by atoms with Crippen LogP contribution in [0.15, 0.2) is 24.3 Å². The molecule has 0 aliphatic heterocycles. The zero-order valence-corrected chi connectivity index (χ0v) is 29.5. The van der Waals surface area contributed by atoms with Gasteiger partial charge in [-0.3, -0.25) is 0 Å². The van der Waals surface area contributed by atoms with E-state index in [2.05, 4.69) is 13.8 Å². The number of carbonyl (C=O) groups is 2. The van der Waals surface area contributed by atoms with Crippen LogP contribution in [0.1, 0.15) is 139 Å². The fourth-order valence-corrected chi connectivity index (χ4v) is 4.03. The Morgan fingerprint density at radius 3 is 1.04 bits per heavy atom. The Balaban J connectivity index is 3.38. The van der Waals surface area contributed by atoms with Gasteiger partial charge in [0, 0.05) is 13.2 Å². The summed E-state index contributed by atoms with van der Waals surface area (Å²) in [7, 11) is 0. The molecule has 10 heteroatoms. The normalized spacial score (nSPS) is 12.0. The molecule has 0 spiro atoms. The van der Waals surface area contributed by atoms with Crippen LogP contribution in [0, 0.1) is 0 Å². The van der Waals surface area contributed by atoms with Crippen LogP contribution in [0.25, 0.3) is 0 Å². The summed E-state index contributed by atoms with van der Waals surface area (Å²) >= 11 is 0. The minimum atomic E-state index is -1.77. The van der Waals surface area contributed by atoms with Gasteiger partial charge < -0.3 is 37.9 Å². The highest BCUT2D eigenvalue weighted by Gasteiger charge is 2.41. The van der Waals surface area contributed by atoms with Gasteiger partial charge in [-0.2, -0.15) is 0 Å². The summed E-state index contributed by atoms with van der Waals surface area (Å²) in [5.41, 5.74) is -0.0157. The van der Waals surface area contributed by atoms with E-state index in [1.54, 1.807) is 12.1 Å². The first-order chi connectivity index (χ1) is 22.4. The van der Waals surface area contributed by atoms with Crippen molar-refractivity contribution in [3.63, 3.8) is 0 Å². The molecule has 0 bridgehead atoms. The van der Waals surface area contributed by atoms with Crippen LogP contribution < -0.4 is 0 Å². The topological polar surface area (TPSA) is 108 Å². The average molecular weight is 655 g/mol. The Hall–Kier alpha value is -2.08. The number of ether oxygens (including phenoxy) is 8. The van der Waals surface area contributed by atoms with Gasteiger partial charge in [0.2, 0.25) is 0 Å². The molecule has 0 unspecified atom stereocenters. The SMILES string of the molecule is CCCCOCC(OCCCC)(OCCCC)OC(=O)c1ccccc1C(=O)OC(COCCCC)(OCCCC)OCCCC. The van der Waals surface area contributed by atoms with Crippen LogP contribution in [-0.4, -0.2) is 76.7 Å². The molecule has 0 heterocycles. The summed E-state index contributed by atoms with van der Waals surface area (Å²) < 4.78 is 48.0. The lowest BCUT2D eigenvalue weighted by atomic mass is 10.1. The first kappa shape index (κ1) is 41.9. The second-order valence-corrected chi connectivity index (χ2v) is 11.3. The van der Waals surface area contributed by atoms with E-state index in [0.29, 0.717) is 39.6 Å². The molecular weight excluding hydrogens is 592 g/mol. The highest BCUT2D eigenvalue weighted by atomic mass is 16.9. The van der Waals surface area contributed by atoms with E-state index in [1.807, 2.05) is 27.7 Å². The fourth-order valence-electron chi connectivity index (χ4n) is 4.03. The van der Waals surface area contributed by atoms with E-state index >= 15 is 0 Å². The molecule has 1 aromatic carbocycles. The molecule has 0 N–H and O–H groups in total. The highest BCUT2D eigenvalue weighted by Crippen LogP contribution is 2.25. The Labute approximate surface area is 278 Å². The van der Waals surface area contributed by atoms with Gasteiger partial charge in [0.25, 0.3) is 0 Å². The van der Waals surface area contributed by atoms with Crippen LogP contribution in [0.4, 0.5) is 0 Å². The molecule has 0 fully saturated rings. The van der Waals surface area contributed by atoms with Gasteiger partial charge >= 0.3 is 23.9 Å². The molecule has 46 heavy (non-hydrogen) atoms. The third kappa shape index (κ3) is 16.7. The van der Waals surface area contributed by atoms with Crippen molar-refractivity contribution >= 4 is 11.9 Å². The van der Waals surface area contributed by atoms with E-state index in [-0.39, 0.29) is 24.3 Å². The molecule has 1 aromatic rings. The molecule has 0 saturated carbocycles. The van der Waals surface area contributed by atoms with E-state index in [4.69, 9.17) is 37.9 Å². The number of rotatable bonds is 30. The number of esters is 2. The van der Waals surface area contributed by atoms with E-state index < -0.39 is 23.9 Å². The van der Waals surface area contributed by atoms with Gasteiger partial charge in [-0.15, -0.1) is 0 Å². The zero-order valence-electron chi connectivity index (χ0n) is 29.5. The van der Waals surface area contributed by atoms with Gasteiger partial charge in [-0.25, -0.2) is 9.59 Å². The summed E-state index contributed by atoms with van der Waals surface area (Å²) in [6, 6.07) is 6.32. The molecular formula is C36H62O10. The summed E-state index contributed by atoms with van der Waals surface area (Å²) in [5, 5.41) is 0. The summed E-state index contributed by atoms with van der Waals surface area (Å²) in [5.74, 6) is -5.14. The maximum atomic E-state index is 13.8. The van der Waals surface area contributed by atoms with E-state index in [9.17, 15) is 9.59 Å². The monoisotopic (exact) mass is 654 g/mol. The fraction of sp³-hybridized carbons (Fsp3) is 0.778. The Bertz CT molecular complexity index is 829. The van der Waals surface area contributed by atoms with Crippen molar-refractivity contribution in [1.82, 2.24) is 0 Å². The molecule has 0 saturated heterocycles. The largest absolute Gasteiger partial charge is 0.402 e. The van der Waals surface area contributed by atoms with Gasteiger partial charge in [0.05, 0.1) is 37.6 Å². The first-order valence-electron chi connectivity index (χ1n) is 17.6. The molecule has 0 aliphatic rings. The van der Waals surface area contributed by atoms with Gasteiger partial charge in [0.1, 0.15) is 13.2 Å². The predicted molar refractivity (Wildman–Crippen MR) is 178 cm³/mol. The minimum Gasteiger partial charge on any atom is -0.402 e. The van der Waals surface area contributed by atoms with Crippen molar-refractivity contribution in [3.8, 4) is 0 Å². The van der Waals surface area contributed by atoms with Crippen molar-refractivity contribution in [2.24, 2.45) is 0 Å². The molecule has 0 radical (unpaired) electrons. The standard InChI is InChI=1S/C36H62O10/c1-7-13-23-39-29-35(41-25-15-9-3,42-26-16-10-4)45-33(37)31-21-19-20-22-32(31)34(38)46-36(43-27-17-11-5,44-28-18-12-6)30-40-24-14-8-2/h19-22H,7-18,23-30H2,1-6H3. The molecule has 10 nitrogen and oxygen atoms in total. The van der Waals surface area contributed by atoms with Crippen molar-refractivity contribution in [3.05, 3.63) is 35.4 Å². The van der Waals surface area contributed by atoms with Gasteiger partial charge in [0.15, 0.2) is 0 Å². The minimum absolute atomic E-state index is 0.00784. The van der Waals surface area contributed by atoms with Crippen LogP contribution in [-0.2, 0) is 37.9 Å². The van der Waals surface area contributed by atoms with E-state index in [1.165, 1.54) is 12.1 Å². The molecule has 0 aliphatic carbocycles. The number of benzene rings is 1. The van der Waals surface area contributed by atoms with Crippen molar-refractivity contribution < 1.29 is 47.5 Å². The van der Waals surface area contributed by atoms with Crippen LogP contribution >= 0.6 is 0 Å². The van der Waals surface area contributed by atoms with Gasteiger partial charge in [-0.05, 0) is 50.7 Å². The average Bonchev–Trinajstić information content (AvgIpc) is 3.05. The van der Waals surface area contributed by atoms with Crippen molar-refractivity contribution in [2.75, 3.05) is 52.9 Å². The molecule has 1 rings (SSSR count).